The maximum Gasteiger partial charge on any atom is 0.320 e. The zero-order chi connectivity index (χ0) is 13.7. The van der Waals surface area contributed by atoms with E-state index in [1.54, 1.807) is 6.07 Å². The van der Waals surface area contributed by atoms with E-state index in [9.17, 15) is 4.79 Å². The molecule has 5 heteroatoms. The minimum atomic E-state index is -0.263. The molecule has 2 N–H and O–H groups in total. The Morgan fingerprint density at radius 1 is 1.21 bits per heavy atom. The molecule has 0 aliphatic heterocycles. The van der Waals surface area contributed by atoms with Gasteiger partial charge < -0.3 is 5.32 Å². The molecule has 0 atom stereocenters. The SMILES string of the molecule is Cc1cccc(NC(=O)NCc2ccc(Br)cc2)n1. The molecule has 0 saturated carbocycles. The van der Waals surface area contributed by atoms with E-state index in [4.69, 9.17) is 0 Å². The summed E-state index contributed by atoms with van der Waals surface area (Å²) in [4.78, 5) is 15.9. The molecule has 1 aromatic carbocycles. The smallest absolute Gasteiger partial charge is 0.320 e. The highest BCUT2D eigenvalue weighted by molar-refractivity contribution is 9.10. The maximum atomic E-state index is 11.7. The average Bonchev–Trinajstić information content (AvgIpc) is 2.38. The summed E-state index contributed by atoms with van der Waals surface area (Å²) in [6.07, 6.45) is 0. The van der Waals surface area contributed by atoms with Gasteiger partial charge >= 0.3 is 6.03 Å². The Hall–Kier alpha value is -1.88. The molecule has 0 aliphatic carbocycles. The summed E-state index contributed by atoms with van der Waals surface area (Å²) in [6, 6.07) is 13.0. The highest BCUT2D eigenvalue weighted by atomic mass is 79.9. The number of rotatable bonds is 3. The Balaban J connectivity index is 1.86. The standard InChI is InChI=1S/C14H14BrN3O/c1-10-3-2-4-13(17-10)18-14(19)16-9-11-5-7-12(15)8-6-11/h2-8H,9H2,1H3,(H2,16,17,18,19). The van der Waals surface area contributed by atoms with Crippen LogP contribution in [0.2, 0.25) is 0 Å². The van der Waals surface area contributed by atoms with Gasteiger partial charge in [0.2, 0.25) is 0 Å². The molecule has 0 spiro atoms. The molecular formula is C14H14BrN3O. The normalized spacial score (nSPS) is 10.0. The third-order valence-electron chi connectivity index (χ3n) is 2.50. The number of hydrogen-bond acceptors (Lipinski definition) is 2. The first-order chi connectivity index (χ1) is 9.13. The number of urea groups is 1. The van der Waals surface area contributed by atoms with E-state index in [1.807, 2.05) is 43.3 Å². The minimum absolute atomic E-state index is 0.263. The molecule has 98 valence electrons. The molecule has 2 aromatic rings. The van der Waals surface area contributed by atoms with Crippen LogP contribution in [0.1, 0.15) is 11.3 Å². The van der Waals surface area contributed by atoms with Gasteiger partial charge in [-0.3, -0.25) is 5.32 Å². The third-order valence-corrected chi connectivity index (χ3v) is 3.02. The first kappa shape index (κ1) is 13.5. The Morgan fingerprint density at radius 2 is 1.95 bits per heavy atom. The second kappa shape index (κ2) is 6.33. The van der Waals surface area contributed by atoms with Crippen LogP contribution in [0.25, 0.3) is 0 Å². The highest BCUT2D eigenvalue weighted by Gasteiger charge is 2.02. The van der Waals surface area contributed by atoms with Crippen LogP contribution in [0.15, 0.2) is 46.9 Å². The van der Waals surface area contributed by atoms with Crippen molar-refractivity contribution in [3.63, 3.8) is 0 Å². The minimum Gasteiger partial charge on any atom is -0.334 e. The number of carbonyl (C=O) groups excluding carboxylic acids is 1. The van der Waals surface area contributed by atoms with Crippen molar-refractivity contribution in [1.82, 2.24) is 10.3 Å². The number of pyridine rings is 1. The predicted octanol–water partition coefficient (Wildman–Crippen LogP) is 3.47. The lowest BCUT2D eigenvalue weighted by molar-refractivity contribution is 0.251. The molecule has 2 rings (SSSR count). The van der Waals surface area contributed by atoms with Crippen molar-refractivity contribution in [2.75, 3.05) is 5.32 Å². The van der Waals surface area contributed by atoms with Gasteiger partial charge in [0.25, 0.3) is 0 Å². The summed E-state index contributed by atoms with van der Waals surface area (Å²) < 4.78 is 1.02. The molecule has 0 radical (unpaired) electrons. The zero-order valence-corrected chi connectivity index (χ0v) is 12.1. The van der Waals surface area contributed by atoms with Crippen molar-refractivity contribution in [2.24, 2.45) is 0 Å². The van der Waals surface area contributed by atoms with Crippen molar-refractivity contribution in [2.45, 2.75) is 13.5 Å². The second-order valence-corrected chi connectivity index (χ2v) is 5.01. The van der Waals surface area contributed by atoms with Gasteiger partial charge in [0.1, 0.15) is 5.82 Å². The first-order valence-electron chi connectivity index (χ1n) is 5.86. The Morgan fingerprint density at radius 3 is 2.63 bits per heavy atom. The molecule has 0 bridgehead atoms. The molecule has 0 aliphatic rings. The van der Waals surface area contributed by atoms with E-state index in [-0.39, 0.29) is 6.03 Å². The summed E-state index contributed by atoms with van der Waals surface area (Å²) in [5.41, 5.74) is 1.90. The number of nitrogens with one attached hydrogen (secondary N) is 2. The zero-order valence-electron chi connectivity index (χ0n) is 10.5. The largest absolute Gasteiger partial charge is 0.334 e. The lowest BCUT2D eigenvalue weighted by Crippen LogP contribution is -2.28. The van der Waals surface area contributed by atoms with Crippen molar-refractivity contribution in [3.8, 4) is 0 Å². The van der Waals surface area contributed by atoms with Crippen LogP contribution in [0.4, 0.5) is 10.6 Å². The third kappa shape index (κ3) is 4.37. The molecule has 2 amide bonds. The van der Waals surface area contributed by atoms with Crippen LogP contribution in [-0.2, 0) is 6.54 Å². The molecule has 0 unspecified atom stereocenters. The molecule has 0 fully saturated rings. The lowest BCUT2D eigenvalue weighted by atomic mass is 10.2. The fraction of sp³-hybridized carbons (Fsp3) is 0.143. The van der Waals surface area contributed by atoms with Crippen molar-refractivity contribution in [3.05, 3.63) is 58.2 Å². The van der Waals surface area contributed by atoms with Crippen LogP contribution in [0.3, 0.4) is 0 Å². The van der Waals surface area contributed by atoms with Crippen LogP contribution in [0.5, 0.6) is 0 Å². The summed E-state index contributed by atoms with van der Waals surface area (Å²) in [5, 5.41) is 5.47. The fourth-order valence-electron chi connectivity index (χ4n) is 1.56. The highest BCUT2D eigenvalue weighted by Crippen LogP contribution is 2.10. The van der Waals surface area contributed by atoms with Gasteiger partial charge in [0.15, 0.2) is 0 Å². The molecule has 19 heavy (non-hydrogen) atoms. The lowest BCUT2D eigenvalue weighted by Gasteiger charge is -2.07. The predicted molar refractivity (Wildman–Crippen MR) is 79.0 cm³/mol. The van der Waals surface area contributed by atoms with E-state index < -0.39 is 0 Å². The number of aryl methyl sites for hydroxylation is 1. The summed E-state index contributed by atoms with van der Waals surface area (Å²) in [7, 11) is 0. The van der Waals surface area contributed by atoms with Crippen LogP contribution in [0, 0.1) is 6.92 Å². The second-order valence-electron chi connectivity index (χ2n) is 4.10. The van der Waals surface area contributed by atoms with Crippen molar-refractivity contribution in [1.29, 1.82) is 0 Å². The quantitative estimate of drug-likeness (QED) is 0.910. The van der Waals surface area contributed by atoms with Gasteiger partial charge in [-0.2, -0.15) is 0 Å². The van der Waals surface area contributed by atoms with Gasteiger partial charge in [-0.15, -0.1) is 0 Å². The van der Waals surface area contributed by atoms with E-state index in [2.05, 4.69) is 31.5 Å². The molecule has 4 nitrogen and oxygen atoms in total. The monoisotopic (exact) mass is 319 g/mol. The number of amides is 2. The van der Waals surface area contributed by atoms with Gasteiger partial charge in [-0.25, -0.2) is 9.78 Å². The average molecular weight is 320 g/mol. The fourth-order valence-corrected chi connectivity index (χ4v) is 1.82. The number of carbonyl (C=O) groups is 1. The Kier molecular flexibility index (Phi) is 4.52. The van der Waals surface area contributed by atoms with Gasteiger partial charge in [0, 0.05) is 16.7 Å². The molecular weight excluding hydrogens is 306 g/mol. The summed E-state index contributed by atoms with van der Waals surface area (Å²) >= 11 is 3.37. The number of anilines is 1. The van der Waals surface area contributed by atoms with Crippen LogP contribution in [-0.4, -0.2) is 11.0 Å². The van der Waals surface area contributed by atoms with Gasteiger partial charge in [-0.05, 0) is 36.8 Å². The topological polar surface area (TPSA) is 54.0 Å². The summed E-state index contributed by atoms with van der Waals surface area (Å²) in [6.45, 7) is 2.36. The first-order valence-corrected chi connectivity index (χ1v) is 6.66. The number of halogens is 1. The van der Waals surface area contributed by atoms with E-state index in [1.165, 1.54) is 0 Å². The molecule has 1 aromatic heterocycles. The van der Waals surface area contributed by atoms with Crippen molar-refractivity contribution < 1.29 is 4.79 Å². The molecule has 0 saturated heterocycles. The number of benzene rings is 1. The number of aromatic nitrogens is 1. The van der Waals surface area contributed by atoms with Gasteiger partial charge in [-0.1, -0.05) is 34.1 Å². The van der Waals surface area contributed by atoms with E-state index in [0.717, 1.165) is 15.7 Å². The Bertz CT molecular complexity index is 569. The maximum absolute atomic E-state index is 11.7. The van der Waals surface area contributed by atoms with Crippen LogP contribution >= 0.6 is 15.9 Å². The van der Waals surface area contributed by atoms with E-state index >= 15 is 0 Å². The Labute approximate surface area is 120 Å². The number of hydrogen-bond donors (Lipinski definition) is 2. The van der Waals surface area contributed by atoms with Gasteiger partial charge in [0.05, 0.1) is 0 Å². The van der Waals surface area contributed by atoms with Crippen molar-refractivity contribution >= 4 is 27.8 Å². The van der Waals surface area contributed by atoms with Crippen LogP contribution < -0.4 is 10.6 Å². The number of nitrogens with zero attached hydrogens (tertiary/aromatic N) is 1. The van der Waals surface area contributed by atoms with E-state index in [0.29, 0.717) is 12.4 Å². The molecule has 1 heterocycles. The summed E-state index contributed by atoms with van der Waals surface area (Å²) in [5.74, 6) is 0.549.